The second-order valence-electron chi connectivity index (χ2n) is 6.95. The molecule has 17 heavy (non-hydrogen) atoms. The van der Waals surface area contributed by atoms with Crippen molar-refractivity contribution in [2.45, 2.75) is 63.8 Å². The average molecular weight is 243 g/mol. The molecular formula is C14H23F2N. The van der Waals surface area contributed by atoms with Crippen molar-refractivity contribution >= 4 is 0 Å². The highest BCUT2D eigenvalue weighted by atomic mass is 19.3. The van der Waals surface area contributed by atoms with Gasteiger partial charge in [-0.2, -0.15) is 0 Å². The zero-order valence-corrected chi connectivity index (χ0v) is 10.4. The standard InChI is InChI=1S/C14H23F2N/c15-13(16)12(17)1-2-14-6-9-3-10(7-14)5-11(4-9)8-14/h9-13H,1-8,17H2. The maximum atomic E-state index is 12.5. The van der Waals surface area contributed by atoms with Crippen LogP contribution in [0.4, 0.5) is 8.78 Å². The zero-order chi connectivity index (χ0) is 12.0. The summed E-state index contributed by atoms with van der Waals surface area (Å²) in [6.07, 6.45) is 7.27. The summed E-state index contributed by atoms with van der Waals surface area (Å²) in [7, 11) is 0. The van der Waals surface area contributed by atoms with Gasteiger partial charge in [-0.25, -0.2) is 8.78 Å². The molecule has 0 aliphatic heterocycles. The SMILES string of the molecule is NC(CCC12CC3CC(CC(C3)C1)C2)C(F)F. The van der Waals surface area contributed by atoms with Crippen LogP contribution in [-0.2, 0) is 0 Å². The molecule has 3 heteroatoms. The van der Waals surface area contributed by atoms with E-state index in [1.165, 1.54) is 38.5 Å². The Morgan fingerprint density at radius 2 is 1.47 bits per heavy atom. The molecule has 1 unspecified atom stereocenters. The maximum Gasteiger partial charge on any atom is 0.253 e. The quantitative estimate of drug-likeness (QED) is 0.802. The normalized spacial score (nSPS) is 45.5. The Balaban J connectivity index is 1.62. The molecule has 4 aliphatic carbocycles. The van der Waals surface area contributed by atoms with Gasteiger partial charge in [0.05, 0.1) is 6.04 Å². The van der Waals surface area contributed by atoms with E-state index in [4.69, 9.17) is 5.73 Å². The Morgan fingerprint density at radius 1 is 1.00 bits per heavy atom. The molecule has 0 aromatic carbocycles. The van der Waals surface area contributed by atoms with E-state index in [0.717, 1.165) is 24.2 Å². The second-order valence-corrected chi connectivity index (χ2v) is 6.95. The highest BCUT2D eigenvalue weighted by molar-refractivity contribution is 5.01. The predicted molar refractivity (Wildman–Crippen MR) is 63.8 cm³/mol. The number of rotatable bonds is 4. The lowest BCUT2D eigenvalue weighted by molar-refractivity contribution is -0.0608. The van der Waals surface area contributed by atoms with Gasteiger partial charge in [0.1, 0.15) is 0 Å². The fraction of sp³-hybridized carbons (Fsp3) is 1.00. The predicted octanol–water partition coefficient (Wildman–Crippen LogP) is 3.58. The maximum absolute atomic E-state index is 12.5. The first kappa shape index (κ1) is 11.9. The Morgan fingerprint density at radius 3 is 1.88 bits per heavy atom. The van der Waals surface area contributed by atoms with Crippen LogP contribution < -0.4 is 5.73 Å². The summed E-state index contributed by atoms with van der Waals surface area (Å²) in [4.78, 5) is 0. The fourth-order valence-electron chi connectivity index (χ4n) is 5.20. The van der Waals surface area contributed by atoms with Crippen molar-refractivity contribution < 1.29 is 8.78 Å². The lowest BCUT2D eigenvalue weighted by atomic mass is 9.48. The van der Waals surface area contributed by atoms with E-state index in [2.05, 4.69) is 0 Å². The molecule has 0 amide bonds. The van der Waals surface area contributed by atoms with Crippen molar-refractivity contribution in [2.24, 2.45) is 28.9 Å². The van der Waals surface area contributed by atoms with Crippen LogP contribution in [0.25, 0.3) is 0 Å². The number of hydrogen-bond acceptors (Lipinski definition) is 1. The van der Waals surface area contributed by atoms with Crippen LogP contribution in [0.3, 0.4) is 0 Å². The van der Waals surface area contributed by atoms with Gasteiger partial charge in [0, 0.05) is 0 Å². The summed E-state index contributed by atoms with van der Waals surface area (Å²) in [6, 6.07) is -0.900. The molecule has 4 saturated carbocycles. The van der Waals surface area contributed by atoms with E-state index in [0.29, 0.717) is 11.8 Å². The van der Waals surface area contributed by atoms with Gasteiger partial charge < -0.3 is 5.73 Å². The molecule has 0 radical (unpaired) electrons. The molecule has 4 fully saturated rings. The number of nitrogens with two attached hydrogens (primary N) is 1. The third-order valence-electron chi connectivity index (χ3n) is 5.50. The van der Waals surface area contributed by atoms with Crippen LogP contribution in [0.15, 0.2) is 0 Å². The Bertz CT molecular complexity index is 255. The first-order chi connectivity index (χ1) is 8.06. The molecule has 2 N–H and O–H groups in total. The number of alkyl halides is 2. The third-order valence-corrected chi connectivity index (χ3v) is 5.50. The largest absolute Gasteiger partial charge is 0.323 e. The number of halogens is 2. The molecule has 0 spiro atoms. The minimum absolute atomic E-state index is 0.404. The third kappa shape index (κ3) is 2.23. The molecule has 4 bridgehead atoms. The summed E-state index contributed by atoms with van der Waals surface area (Å²) < 4.78 is 24.9. The zero-order valence-electron chi connectivity index (χ0n) is 10.4. The van der Waals surface area contributed by atoms with E-state index in [1.807, 2.05) is 0 Å². The molecule has 4 aliphatic rings. The minimum atomic E-state index is -2.34. The van der Waals surface area contributed by atoms with E-state index in [-0.39, 0.29) is 0 Å². The first-order valence-electron chi connectivity index (χ1n) is 7.10. The van der Waals surface area contributed by atoms with Crippen LogP contribution in [0, 0.1) is 23.2 Å². The lowest BCUT2D eigenvalue weighted by Crippen LogP contribution is -2.46. The lowest BCUT2D eigenvalue weighted by Gasteiger charge is -2.57. The molecular weight excluding hydrogens is 220 g/mol. The van der Waals surface area contributed by atoms with Crippen molar-refractivity contribution in [3.63, 3.8) is 0 Å². The van der Waals surface area contributed by atoms with Gasteiger partial charge in [-0.15, -0.1) is 0 Å². The highest BCUT2D eigenvalue weighted by Crippen LogP contribution is 2.61. The van der Waals surface area contributed by atoms with Crippen molar-refractivity contribution in [2.75, 3.05) is 0 Å². The Hall–Kier alpha value is -0.180. The molecule has 0 heterocycles. The van der Waals surface area contributed by atoms with Crippen LogP contribution in [0.2, 0.25) is 0 Å². The van der Waals surface area contributed by atoms with Crippen LogP contribution >= 0.6 is 0 Å². The van der Waals surface area contributed by atoms with E-state index < -0.39 is 12.5 Å². The topological polar surface area (TPSA) is 26.0 Å². The summed E-state index contributed by atoms with van der Waals surface area (Å²) in [6.45, 7) is 0. The smallest absolute Gasteiger partial charge is 0.253 e. The minimum Gasteiger partial charge on any atom is -0.323 e. The van der Waals surface area contributed by atoms with Gasteiger partial charge in [0.2, 0.25) is 0 Å². The summed E-state index contributed by atoms with van der Waals surface area (Å²) >= 11 is 0. The monoisotopic (exact) mass is 243 g/mol. The molecule has 0 aromatic heterocycles. The van der Waals surface area contributed by atoms with Crippen LogP contribution in [0.1, 0.15) is 51.4 Å². The van der Waals surface area contributed by atoms with Gasteiger partial charge in [0.25, 0.3) is 6.43 Å². The summed E-state index contributed by atoms with van der Waals surface area (Å²) in [5.74, 6) is 2.72. The second kappa shape index (κ2) is 4.18. The van der Waals surface area contributed by atoms with E-state index in [1.54, 1.807) is 0 Å². The van der Waals surface area contributed by atoms with Gasteiger partial charge in [-0.1, -0.05) is 0 Å². The number of hydrogen-bond donors (Lipinski definition) is 1. The van der Waals surface area contributed by atoms with Crippen molar-refractivity contribution in [3.05, 3.63) is 0 Å². The van der Waals surface area contributed by atoms with Gasteiger partial charge in [-0.3, -0.25) is 0 Å². The van der Waals surface area contributed by atoms with Crippen LogP contribution in [0.5, 0.6) is 0 Å². The Kier molecular flexibility index (Phi) is 2.92. The van der Waals surface area contributed by atoms with Crippen molar-refractivity contribution in [1.29, 1.82) is 0 Å². The van der Waals surface area contributed by atoms with Crippen molar-refractivity contribution in [3.8, 4) is 0 Å². The molecule has 0 saturated heterocycles. The first-order valence-corrected chi connectivity index (χ1v) is 7.10. The summed E-state index contributed by atoms with van der Waals surface area (Å²) in [5.41, 5.74) is 5.90. The van der Waals surface area contributed by atoms with E-state index >= 15 is 0 Å². The van der Waals surface area contributed by atoms with Gasteiger partial charge in [0.15, 0.2) is 0 Å². The van der Waals surface area contributed by atoms with E-state index in [9.17, 15) is 8.78 Å². The molecule has 1 atom stereocenters. The Labute approximate surface area is 102 Å². The fourth-order valence-corrected chi connectivity index (χ4v) is 5.20. The van der Waals surface area contributed by atoms with Crippen LogP contribution in [-0.4, -0.2) is 12.5 Å². The molecule has 0 aromatic rings. The van der Waals surface area contributed by atoms with Gasteiger partial charge in [-0.05, 0) is 74.5 Å². The highest BCUT2D eigenvalue weighted by Gasteiger charge is 2.50. The molecule has 98 valence electrons. The molecule has 1 nitrogen and oxygen atoms in total. The summed E-state index contributed by atoms with van der Waals surface area (Å²) in [5, 5.41) is 0. The molecule has 4 rings (SSSR count). The van der Waals surface area contributed by atoms with Gasteiger partial charge >= 0.3 is 0 Å². The average Bonchev–Trinajstić information content (AvgIpc) is 2.24. The van der Waals surface area contributed by atoms with Crippen molar-refractivity contribution in [1.82, 2.24) is 0 Å².